The third kappa shape index (κ3) is 5.97. The van der Waals surface area contributed by atoms with Crippen LogP contribution in [0.4, 0.5) is 14.0 Å². The molecule has 0 spiro atoms. The molecule has 0 saturated carbocycles. The highest BCUT2D eigenvalue weighted by Crippen LogP contribution is 2.35. The van der Waals surface area contributed by atoms with Gasteiger partial charge in [-0.1, -0.05) is 36.4 Å². The number of nitrogens with zero attached hydrogens (tertiary/aromatic N) is 2. The van der Waals surface area contributed by atoms with Gasteiger partial charge in [-0.25, -0.2) is 14.0 Å². The molecule has 0 bridgehead atoms. The van der Waals surface area contributed by atoms with E-state index in [0.29, 0.717) is 25.9 Å². The van der Waals surface area contributed by atoms with Gasteiger partial charge in [0, 0.05) is 39.5 Å². The molecule has 1 saturated heterocycles. The van der Waals surface area contributed by atoms with Crippen molar-refractivity contribution in [3.63, 3.8) is 0 Å². The van der Waals surface area contributed by atoms with Gasteiger partial charge in [-0.15, -0.1) is 0 Å². The molecule has 172 valence electrons. The number of hydrogen-bond acceptors (Lipinski definition) is 4. The molecule has 32 heavy (non-hydrogen) atoms. The van der Waals surface area contributed by atoms with Crippen LogP contribution in [-0.2, 0) is 11.3 Å². The van der Waals surface area contributed by atoms with E-state index in [1.165, 1.54) is 12.1 Å². The summed E-state index contributed by atoms with van der Waals surface area (Å²) in [7, 11) is 1.76. The number of hydrogen-bond donors (Lipinski definition) is 2. The maximum atomic E-state index is 13.7. The lowest BCUT2D eigenvalue weighted by Gasteiger charge is -2.41. The molecule has 0 aromatic heterocycles. The fourth-order valence-electron chi connectivity index (χ4n) is 4.07. The van der Waals surface area contributed by atoms with Crippen molar-refractivity contribution in [2.24, 2.45) is 0 Å². The number of aryl methyl sites for hydroxylation is 1. The number of piperidine rings is 1. The van der Waals surface area contributed by atoms with Crippen LogP contribution in [0.15, 0.2) is 48.5 Å². The first kappa shape index (κ1) is 23.5. The van der Waals surface area contributed by atoms with Crippen LogP contribution in [-0.4, -0.2) is 59.9 Å². The second kappa shape index (κ2) is 10.9. The third-order valence-electron chi connectivity index (χ3n) is 5.63. The zero-order chi connectivity index (χ0) is 23.1. The molecule has 0 unspecified atom stereocenters. The number of aliphatic hydroxyl groups is 1. The van der Waals surface area contributed by atoms with Crippen LogP contribution in [0.5, 0.6) is 0 Å². The largest absolute Gasteiger partial charge is 0.446 e. The molecule has 2 N–H and O–H groups in total. The summed E-state index contributed by atoms with van der Waals surface area (Å²) < 4.78 is 19.2. The van der Waals surface area contributed by atoms with Crippen LogP contribution < -0.4 is 5.32 Å². The number of aliphatic hydroxyl groups excluding tert-OH is 1. The fraction of sp³-hybridized carbons (Fsp3) is 0.417. The molecular formula is C24H30FN3O4. The van der Waals surface area contributed by atoms with Crippen LogP contribution in [0.3, 0.4) is 0 Å². The molecule has 3 amide bonds. The fourth-order valence-corrected chi connectivity index (χ4v) is 4.07. The quantitative estimate of drug-likeness (QED) is 0.715. The molecule has 1 aliphatic rings. The summed E-state index contributed by atoms with van der Waals surface area (Å²) in [6.07, 6.45) is -0.0933. The van der Waals surface area contributed by atoms with Crippen molar-refractivity contribution in [2.75, 3.05) is 26.7 Å². The van der Waals surface area contributed by atoms with Gasteiger partial charge in [0.05, 0.1) is 12.6 Å². The average Bonchev–Trinajstić information content (AvgIpc) is 2.78. The lowest BCUT2D eigenvalue weighted by Crippen LogP contribution is -2.49. The molecule has 1 aliphatic heterocycles. The van der Waals surface area contributed by atoms with Crippen LogP contribution in [0.2, 0.25) is 0 Å². The van der Waals surface area contributed by atoms with Gasteiger partial charge >= 0.3 is 12.1 Å². The molecule has 2 aromatic rings. The van der Waals surface area contributed by atoms with E-state index in [1.54, 1.807) is 22.9 Å². The maximum absolute atomic E-state index is 13.7. The van der Waals surface area contributed by atoms with Gasteiger partial charge < -0.3 is 25.0 Å². The summed E-state index contributed by atoms with van der Waals surface area (Å²) >= 11 is 0. The number of nitrogens with one attached hydrogen (secondary N) is 1. The topological polar surface area (TPSA) is 82.1 Å². The summed E-state index contributed by atoms with van der Waals surface area (Å²) in [5.41, 5.74) is 2.59. The maximum Gasteiger partial charge on any atom is 0.407 e. The van der Waals surface area contributed by atoms with Crippen LogP contribution in [0, 0.1) is 12.7 Å². The Kier molecular flexibility index (Phi) is 8.05. The zero-order valence-corrected chi connectivity index (χ0v) is 18.5. The Bertz CT molecular complexity index is 925. The standard InChI is InChI=1S/C24H30FN3O4/c1-17-14-19(25)8-9-21(17)22-15-20(32-23(30)26-11-13-29)10-12-28(22)24(31)27(2)16-18-6-4-3-5-7-18/h3-9,14,20,22,29H,10-13,15-16H2,1-2H3,(H,26,30)/t20-,22+/m0/s1. The van der Waals surface area contributed by atoms with Crippen molar-refractivity contribution < 1.29 is 23.8 Å². The highest BCUT2D eigenvalue weighted by atomic mass is 19.1. The normalized spacial score (nSPS) is 18.2. The number of carbonyl (C=O) groups is 2. The number of benzene rings is 2. The Hall–Kier alpha value is -3.13. The number of halogens is 1. The first-order valence-corrected chi connectivity index (χ1v) is 10.8. The SMILES string of the molecule is Cc1cc(F)ccc1[C@H]1C[C@@H](OC(=O)NCCO)CCN1C(=O)N(C)Cc1ccccc1. The summed E-state index contributed by atoms with van der Waals surface area (Å²) in [6.45, 7) is 2.62. The molecule has 3 rings (SSSR count). The number of alkyl carbamates (subject to hydrolysis) is 1. The smallest absolute Gasteiger partial charge is 0.407 e. The minimum Gasteiger partial charge on any atom is -0.446 e. The average molecular weight is 444 g/mol. The number of ether oxygens (including phenoxy) is 1. The van der Waals surface area contributed by atoms with Crippen LogP contribution >= 0.6 is 0 Å². The minimum atomic E-state index is -0.598. The van der Waals surface area contributed by atoms with Crippen molar-refractivity contribution in [3.8, 4) is 0 Å². The second-order valence-corrected chi connectivity index (χ2v) is 8.04. The number of amides is 3. The predicted octanol–water partition coefficient (Wildman–Crippen LogP) is 3.61. The molecular weight excluding hydrogens is 413 g/mol. The molecule has 7 nitrogen and oxygen atoms in total. The highest BCUT2D eigenvalue weighted by Gasteiger charge is 2.36. The molecule has 2 atom stereocenters. The summed E-state index contributed by atoms with van der Waals surface area (Å²) in [5.74, 6) is -0.336. The van der Waals surface area contributed by atoms with E-state index < -0.39 is 12.2 Å². The van der Waals surface area contributed by atoms with Crippen molar-refractivity contribution in [1.82, 2.24) is 15.1 Å². The summed E-state index contributed by atoms with van der Waals surface area (Å²) in [6, 6.07) is 13.8. The van der Waals surface area contributed by atoms with Gasteiger partial charge in [-0.05, 0) is 35.7 Å². The van der Waals surface area contributed by atoms with Crippen LogP contribution in [0.1, 0.15) is 35.6 Å². The van der Waals surface area contributed by atoms with Gasteiger partial charge in [0.25, 0.3) is 0 Å². The Morgan fingerprint density at radius 3 is 2.69 bits per heavy atom. The van der Waals surface area contributed by atoms with Gasteiger partial charge in [0.1, 0.15) is 11.9 Å². The van der Waals surface area contributed by atoms with Gasteiger partial charge in [-0.2, -0.15) is 0 Å². The van der Waals surface area contributed by atoms with E-state index in [4.69, 9.17) is 9.84 Å². The molecule has 0 aliphatic carbocycles. The zero-order valence-electron chi connectivity index (χ0n) is 18.5. The Labute approximate surface area is 187 Å². The van der Waals surface area contributed by atoms with Gasteiger partial charge in [0.2, 0.25) is 0 Å². The second-order valence-electron chi connectivity index (χ2n) is 8.04. The van der Waals surface area contributed by atoms with E-state index in [0.717, 1.165) is 16.7 Å². The number of carbonyl (C=O) groups excluding carboxylic acids is 2. The summed E-state index contributed by atoms with van der Waals surface area (Å²) in [5, 5.41) is 11.4. The van der Waals surface area contributed by atoms with E-state index in [-0.39, 0.29) is 31.0 Å². The van der Waals surface area contributed by atoms with E-state index in [1.807, 2.05) is 37.3 Å². The van der Waals surface area contributed by atoms with Crippen LogP contribution in [0.25, 0.3) is 0 Å². The lowest BCUT2D eigenvalue weighted by atomic mass is 9.90. The van der Waals surface area contributed by atoms with Gasteiger partial charge in [0.15, 0.2) is 0 Å². The monoisotopic (exact) mass is 443 g/mol. The number of urea groups is 1. The first-order valence-electron chi connectivity index (χ1n) is 10.8. The Morgan fingerprint density at radius 2 is 2.00 bits per heavy atom. The molecule has 1 fully saturated rings. The van der Waals surface area contributed by atoms with E-state index >= 15 is 0 Å². The highest BCUT2D eigenvalue weighted by molar-refractivity contribution is 5.75. The Morgan fingerprint density at radius 1 is 1.25 bits per heavy atom. The predicted molar refractivity (Wildman–Crippen MR) is 118 cm³/mol. The van der Waals surface area contributed by atoms with Crippen molar-refractivity contribution in [1.29, 1.82) is 0 Å². The number of rotatable bonds is 6. The van der Waals surface area contributed by atoms with Crippen molar-refractivity contribution >= 4 is 12.1 Å². The Balaban J connectivity index is 1.79. The molecule has 8 heteroatoms. The van der Waals surface area contributed by atoms with Gasteiger partial charge in [-0.3, -0.25) is 0 Å². The van der Waals surface area contributed by atoms with Crippen molar-refractivity contribution in [2.45, 2.75) is 38.5 Å². The van der Waals surface area contributed by atoms with E-state index in [2.05, 4.69) is 5.32 Å². The summed E-state index contributed by atoms with van der Waals surface area (Å²) in [4.78, 5) is 28.8. The number of likely N-dealkylation sites (tertiary alicyclic amines) is 1. The van der Waals surface area contributed by atoms with E-state index in [9.17, 15) is 14.0 Å². The molecule has 0 radical (unpaired) electrons. The first-order chi connectivity index (χ1) is 15.4. The lowest BCUT2D eigenvalue weighted by molar-refractivity contribution is 0.0291. The van der Waals surface area contributed by atoms with Crippen molar-refractivity contribution in [3.05, 3.63) is 71.0 Å². The third-order valence-corrected chi connectivity index (χ3v) is 5.63. The molecule has 2 aromatic carbocycles. The molecule has 1 heterocycles. The minimum absolute atomic E-state index is 0.112.